The van der Waals surface area contributed by atoms with Crippen molar-refractivity contribution in [2.24, 2.45) is 4.99 Å². The van der Waals surface area contributed by atoms with Crippen LogP contribution in [0.25, 0.3) is 6.08 Å². The molecular weight excluding hydrogens is 600 g/mol. The molecule has 2 heterocycles. The zero-order valence-electron chi connectivity index (χ0n) is 22.9. The molecule has 4 rings (SSSR count). The van der Waals surface area contributed by atoms with Crippen LogP contribution in [0.15, 0.2) is 61.9 Å². The van der Waals surface area contributed by atoms with Crippen molar-refractivity contribution >= 4 is 45.3 Å². The first-order valence-electron chi connectivity index (χ1n) is 12.6. The highest BCUT2D eigenvalue weighted by atomic mass is 79.9. The standard InChI is InChI=1S/C29H29BrN2O7S/c1-7-37-23-12-18(8-10-22(23)39-17(5)33)13-24-27(34)32-26(20-14-19(30)9-11-21(20)38-15(2)3)25(28(35)36-6)16(4)31-29(32)40-24/h8-15,26H,7H2,1-6H3. The first-order valence-corrected chi connectivity index (χ1v) is 14.2. The third-order valence-electron chi connectivity index (χ3n) is 5.88. The van der Waals surface area contributed by atoms with Crippen LogP contribution < -0.4 is 29.1 Å². The van der Waals surface area contributed by atoms with Crippen LogP contribution in [0.3, 0.4) is 0 Å². The van der Waals surface area contributed by atoms with Crippen molar-refractivity contribution in [3.05, 3.63) is 83.0 Å². The van der Waals surface area contributed by atoms with Crippen molar-refractivity contribution in [1.29, 1.82) is 0 Å². The molecule has 3 aromatic rings. The van der Waals surface area contributed by atoms with Gasteiger partial charge in [0.1, 0.15) is 11.8 Å². The quantitative estimate of drug-likeness (QED) is 0.271. The Balaban J connectivity index is 1.95. The maximum Gasteiger partial charge on any atom is 0.338 e. The molecule has 0 N–H and O–H groups in total. The predicted octanol–water partition coefficient (Wildman–Crippen LogP) is 4.28. The van der Waals surface area contributed by atoms with E-state index in [4.69, 9.17) is 18.9 Å². The number of thiazole rings is 1. The van der Waals surface area contributed by atoms with Gasteiger partial charge >= 0.3 is 11.9 Å². The van der Waals surface area contributed by atoms with Gasteiger partial charge in [0.05, 0.1) is 35.6 Å². The molecule has 0 amide bonds. The summed E-state index contributed by atoms with van der Waals surface area (Å²) in [5.41, 5.74) is 1.65. The number of hydrogen-bond donors (Lipinski definition) is 0. The van der Waals surface area contributed by atoms with Gasteiger partial charge in [-0.05, 0) is 69.7 Å². The SMILES string of the molecule is CCOc1cc(C=c2sc3n(c2=O)C(c2cc(Br)ccc2OC(C)C)C(C(=O)OC)=C(C)N=3)ccc1OC(C)=O. The molecule has 1 aromatic heterocycles. The van der Waals surface area contributed by atoms with Gasteiger partial charge < -0.3 is 18.9 Å². The van der Waals surface area contributed by atoms with Crippen molar-refractivity contribution in [3.63, 3.8) is 0 Å². The van der Waals surface area contributed by atoms with Gasteiger partial charge in [0.15, 0.2) is 16.3 Å². The molecule has 0 bridgehead atoms. The van der Waals surface area contributed by atoms with E-state index in [9.17, 15) is 14.4 Å². The van der Waals surface area contributed by atoms with Crippen LogP contribution in [0.2, 0.25) is 0 Å². The highest BCUT2D eigenvalue weighted by molar-refractivity contribution is 9.10. The van der Waals surface area contributed by atoms with Gasteiger partial charge in [-0.1, -0.05) is 33.3 Å². The molecule has 2 aromatic carbocycles. The molecule has 1 aliphatic rings. The van der Waals surface area contributed by atoms with Gasteiger partial charge in [-0.3, -0.25) is 14.2 Å². The predicted molar refractivity (Wildman–Crippen MR) is 155 cm³/mol. The first kappa shape index (κ1) is 29.3. The summed E-state index contributed by atoms with van der Waals surface area (Å²) in [6.07, 6.45) is 1.57. The van der Waals surface area contributed by atoms with Crippen molar-refractivity contribution in [2.45, 2.75) is 46.8 Å². The molecule has 0 saturated heterocycles. The largest absolute Gasteiger partial charge is 0.491 e. The summed E-state index contributed by atoms with van der Waals surface area (Å²) in [4.78, 5) is 43.5. The molecule has 0 saturated carbocycles. The van der Waals surface area contributed by atoms with E-state index in [-0.39, 0.29) is 17.2 Å². The third kappa shape index (κ3) is 6.05. The Hall–Kier alpha value is -3.70. The van der Waals surface area contributed by atoms with Gasteiger partial charge in [0, 0.05) is 17.0 Å². The fourth-order valence-corrected chi connectivity index (χ4v) is 5.78. The number of rotatable bonds is 8. The highest BCUT2D eigenvalue weighted by Gasteiger charge is 2.35. The average Bonchev–Trinajstić information content (AvgIpc) is 3.19. The Labute approximate surface area is 243 Å². The molecule has 1 atom stereocenters. The monoisotopic (exact) mass is 628 g/mol. The van der Waals surface area contributed by atoms with Crippen molar-refractivity contribution in [3.8, 4) is 17.2 Å². The van der Waals surface area contributed by atoms with E-state index in [1.54, 1.807) is 37.3 Å². The fraction of sp³-hybridized carbons (Fsp3) is 0.310. The maximum absolute atomic E-state index is 14.0. The van der Waals surface area contributed by atoms with Crippen LogP contribution >= 0.6 is 27.3 Å². The molecule has 0 fully saturated rings. The minimum atomic E-state index is -0.831. The number of benzene rings is 2. The summed E-state index contributed by atoms with van der Waals surface area (Å²) in [6.45, 7) is 9.03. The van der Waals surface area contributed by atoms with Crippen molar-refractivity contribution in [1.82, 2.24) is 4.57 Å². The van der Waals surface area contributed by atoms with Gasteiger partial charge in [-0.2, -0.15) is 0 Å². The Kier molecular flexibility index (Phi) is 8.95. The lowest BCUT2D eigenvalue weighted by Crippen LogP contribution is -2.40. The highest BCUT2D eigenvalue weighted by Crippen LogP contribution is 2.38. The zero-order valence-corrected chi connectivity index (χ0v) is 25.3. The number of nitrogens with zero attached hydrogens (tertiary/aromatic N) is 2. The second-order valence-electron chi connectivity index (χ2n) is 9.15. The normalized spacial score (nSPS) is 15.0. The smallest absolute Gasteiger partial charge is 0.338 e. The Morgan fingerprint density at radius 2 is 1.88 bits per heavy atom. The van der Waals surface area contributed by atoms with E-state index < -0.39 is 18.0 Å². The number of ether oxygens (including phenoxy) is 4. The molecule has 0 aliphatic carbocycles. The summed E-state index contributed by atoms with van der Waals surface area (Å²) in [5, 5.41) is 0. The Morgan fingerprint density at radius 3 is 2.52 bits per heavy atom. The minimum absolute atomic E-state index is 0.142. The van der Waals surface area contributed by atoms with E-state index in [0.29, 0.717) is 50.0 Å². The summed E-state index contributed by atoms with van der Waals surface area (Å²) >= 11 is 4.72. The molecule has 11 heteroatoms. The van der Waals surface area contributed by atoms with Gasteiger partial charge in [-0.15, -0.1) is 0 Å². The van der Waals surface area contributed by atoms with Crippen LogP contribution in [-0.4, -0.2) is 36.3 Å². The molecule has 1 unspecified atom stereocenters. The summed E-state index contributed by atoms with van der Waals surface area (Å²) < 4.78 is 24.8. The van der Waals surface area contributed by atoms with E-state index in [0.717, 1.165) is 4.47 Å². The molecule has 40 heavy (non-hydrogen) atoms. The lowest BCUT2D eigenvalue weighted by atomic mass is 9.95. The Bertz CT molecular complexity index is 1690. The zero-order chi connectivity index (χ0) is 29.1. The van der Waals surface area contributed by atoms with Gasteiger partial charge in [0.2, 0.25) is 0 Å². The van der Waals surface area contributed by atoms with Gasteiger partial charge in [-0.25, -0.2) is 9.79 Å². The molecule has 9 nitrogen and oxygen atoms in total. The molecule has 0 radical (unpaired) electrons. The summed E-state index contributed by atoms with van der Waals surface area (Å²) in [6, 6.07) is 9.70. The molecule has 1 aliphatic heterocycles. The summed E-state index contributed by atoms with van der Waals surface area (Å²) in [5.74, 6) is 0.158. The number of fused-ring (bicyclic) bond motifs is 1. The maximum atomic E-state index is 14.0. The minimum Gasteiger partial charge on any atom is -0.491 e. The van der Waals surface area contributed by atoms with E-state index in [1.165, 1.54) is 29.9 Å². The number of esters is 2. The number of methoxy groups -OCH3 is 1. The number of hydrogen-bond acceptors (Lipinski definition) is 9. The lowest BCUT2D eigenvalue weighted by molar-refractivity contribution is -0.136. The summed E-state index contributed by atoms with van der Waals surface area (Å²) in [7, 11) is 1.30. The fourth-order valence-electron chi connectivity index (χ4n) is 4.35. The van der Waals surface area contributed by atoms with Crippen molar-refractivity contribution in [2.75, 3.05) is 13.7 Å². The van der Waals surface area contributed by atoms with Crippen LogP contribution in [-0.2, 0) is 14.3 Å². The van der Waals surface area contributed by atoms with E-state index in [2.05, 4.69) is 20.9 Å². The number of allylic oxidation sites excluding steroid dienone is 1. The van der Waals surface area contributed by atoms with Crippen molar-refractivity contribution < 1.29 is 28.5 Å². The second kappa shape index (κ2) is 12.2. The van der Waals surface area contributed by atoms with Crippen LogP contribution in [0.5, 0.6) is 17.2 Å². The van der Waals surface area contributed by atoms with Gasteiger partial charge in [0.25, 0.3) is 5.56 Å². The first-order chi connectivity index (χ1) is 19.0. The molecule has 0 spiro atoms. The topological polar surface area (TPSA) is 105 Å². The second-order valence-corrected chi connectivity index (χ2v) is 11.1. The molecular formula is C29H29BrN2O7S. The third-order valence-corrected chi connectivity index (χ3v) is 7.35. The van der Waals surface area contributed by atoms with E-state index >= 15 is 0 Å². The number of halogens is 1. The average molecular weight is 630 g/mol. The van der Waals surface area contributed by atoms with Crippen LogP contribution in [0.4, 0.5) is 0 Å². The molecule has 210 valence electrons. The number of aromatic nitrogens is 1. The number of carbonyl (C=O) groups excluding carboxylic acids is 2. The van der Waals surface area contributed by atoms with Crippen LogP contribution in [0, 0.1) is 0 Å². The van der Waals surface area contributed by atoms with E-state index in [1.807, 2.05) is 32.9 Å². The number of carbonyl (C=O) groups is 2. The van der Waals surface area contributed by atoms with Crippen LogP contribution in [0.1, 0.15) is 51.8 Å². The Morgan fingerprint density at radius 1 is 1.15 bits per heavy atom. The lowest BCUT2D eigenvalue weighted by Gasteiger charge is -2.26.